The molecule has 70 valence electrons. The van der Waals surface area contributed by atoms with Gasteiger partial charge in [0.05, 0.1) is 0 Å². The number of carbonyl (C=O) groups excluding carboxylic acids is 2. The van der Waals surface area contributed by atoms with Crippen molar-refractivity contribution in [2.24, 2.45) is 11.3 Å². The summed E-state index contributed by atoms with van der Waals surface area (Å²) >= 11 is 0. The largest absolute Gasteiger partial charge is 0.300 e. The third-order valence-corrected chi connectivity index (χ3v) is 3.45. The quantitative estimate of drug-likeness (QED) is 0.567. The molecule has 0 bridgehead atoms. The van der Waals surface area contributed by atoms with Crippen molar-refractivity contribution in [2.75, 3.05) is 0 Å². The van der Waals surface area contributed by atoms with Gasteiger partial charge in [0.25, 0.3) is 0 Å². The zero-order valence-corrected chi connectivity index (χ0v) is 7.88. The van der Waals surface area contributed by atoms with E-state index in [0.29, 0.717) is 25.0 Å². The van der Waals surface area contributed by atoms with E-state index in [2.05, 4.69) is 6.92 Å². The minimum atomic E-state index is 0.113. The molecule has 1 fully saturated rings. The fourth-order valence-electron chi connectivity index (χ4n) is 2.34. The van der Waals surface area contributed by atoms with Gasteiger partial charge in [0.2, 0.25) is 0 Å². The summed E-state index contributed by atoms with van der Waals surface area (Å²) in [6, 6.07) is 0. The fraction of sp³-hybridized carbons (Fsp3) is 0.636. The molecule has 1 saturated carbocycles. The number of allylic oxidation sites excluding steroid dienone is 2. The average Bonchev–Trinajstić information content (AvgIpc) is 2.08. The van der Waals surface area contributed by atoms with E-state index in [0.717, 1.165) is 6.42 Å². The molecule has 2 nitrogen and oxygen atoms in total. The molecule has 0 aromatic heterocycles. The molecule has 0 aromatic rings. The van der Waals surface area contributed by atoms with Crippen LogP contribution in [-0.4, -0.2) is 11.6 Å². The summed E-state index contributed by atoms with van der Waals surface area (Å²) in [5.74, 6) is 0.772. The van der Waals surface area contributed by atoms with Gasteiger partial charge in [-0.15, -0.1) is 0 Å². The Morgan fingerprint density at radius 1 is 1.38 bits per heavy atom. The maximum Gasteiger partial charge on any atom is 0.155 e. The molecule has 0 N–H and O–H groups in total. The van der Waals surface area contributed by atoms with Gasteiger partial charge < -0.3 is 0 Å². The van der Waals surface area contributed by atoms with Crippen LogP contribution < -0.4 is 0 Å². The number of Topliss-reactive ketones (excluding diaryl/α,β-unsaturated/α-hetero) is 1. The summed E-state index contributed by atoms with van der Waals surface area (Å²) in [7, 11) is 0. The Morgan fingerprint density at radius 2 is 2.15 bits per heavy atom. The molecule has 0 aliphatic heterocycles. The standard InChI is InChI=1S/C11H14O2/c1-11-4-2-9(12)6-8(11)7-10(13)3-5-11/h2,4,8H,3,5-7H2,1H3/t8-,11+/m1/s1. The van der Waals surface area contributed by atoms with Gasteiger partial charge in [-0.2, -0.15) is 0 Å². The first-order valence-corrected chi connectivity index (χ1v) is 4.84. The van der Waals surface area contributed by atoms with Gasteiger partial charge in [-0.3, -0.25) is 9.59 Å². The Labute approximate surface area is 78.0 Å². The Balaban J connectivity index is 2.26. The van der Waals surface area contributed by atoms with E-state index in [9.17, 15) is 9.59 Å². The zero-order chi connectivity index (χ0) is 9.47. The van der Waals surface area contributed by atoms with Gasteiger partial charge in [0.15, 0.2) is 5.78 Å². The molecule has 0 aromatic carbocycles. The zero-order valence-electron chi connectivity index (χ0n) is 7.88. The van der Waals surface area contributed by atoms with Crippen LogP contribution in [0.3, 0.4) is 0 Å². The second kappa shape index (κ2) is 2.79. The van der Waals surface area contributed by atoms with Gasteiger partial charge >= 0.3 is 0 Å². The Kier molecular flexibility index (Phi) is 1.86. The molecule has 2 aliphatic rings. The molecule has 0 amide bonds. The highest BCUT2D eigenvalue weighted by Crippen LogP contribution is 2.44. The van der Waals surface area contributed by atoms with Crippen LogP contribution >= 0.6 is 0 Å². The lowest BCUT2D eigenvalue weighted by Crippen LogP contribution is -2.36. The summed E-state index contributed by atoms with van der Waals surface area (Å²) in [5.41, 5.74) is 0.113. The first-order valence-electron chi connectivity index (χ1n) is 4.84. The molecule has 0 unspecified atom stereocenters. The second-order valence-electron chi connectivity index (χ2n) is 4.45. The van der Waals surface area contributed by atoms with E-state index in [1.165, 1.54) is 0 Å². The predicted molar refractivity (Wildman–Crippen MR) is 49.2 cm³/mol. The number of rotatable bonds is 0. The van der Waals surface area contributed by atoms with Crippen molar-refractivity contribution in [3.05, 3.63) is 12.2 Å². The summed E-state index contributed by atoms with van der Waals surface area (Å²) in [5, 5.41) is 0. The minimum Gasteiger partial charge on any atom is -0.300 e. The van der Waals surface area contributed by atoms with Crippen LogP contribution in [0.1, 0.15) is 32.6 Å². The van der Waals surface area contributed by atoms with Crippen LogP contribution in [0.25, 0.3) is 0 Å². The van der Waals surface area contributed by atoms with Crippen molar-refractivity contribution < 1.29 is 9.59 Å². The summed E-state index contributed by atoms with van der Waals surface area (Å²) in [6.07, 6.45) is 6.47. The number of carbonyl (C=O) groups is 2. The van der Waals surface area contributed by atoms with Crippen molar-refractivity contribution in [3.63, 3.8) is 0 Å². The lowest BCUT2D eigenvalue weighted by molar-refractivity contribution is -0.125. The van der Waals surface area contributed by atoms with E-state index in [4.69, 9.17) is 0 Å². The molecule has 0 saturated heterocycles. The smallest absolute Gasteiger partial charge is 0.155 e. The van der Waals surface area contributed by atoms with Gasteiger partial charge in [0, 0.05) is 19.3 Å². The van der Waals surface area contributed by atoms with Gasteiger partial charge in [-0.05, 0) is 23.8 Å². The molecule has 2 heteroatoms. The van der Waals surface area contributed by atoms with Gasteiger partial charge in [-0.1, -0.05) is 13.0 Å². The third kappa shape index (κ3) is 1.45. The first kappa shape index (κ1) is 8.67. The van der Waals surface area contributed by atoms with Crippen molar-refractivity contribution in [1.29, 1.82) is 0 Å². The first-order chi connectivity index (χ1) is 6.10. The van der Waals surface area contributed by atoms with E-state index in [1.807, 2.05) is 6.08 Å². The molecule has 2 aliphatic carbocycles. The van der Waals surface area contributed by atoms with E-state index in [1.54, 1.807) is 6.08 Å². The normalized spacial score (nSPS) is 39.0. The third-order valence-electron chi connectivity index (χ3n) is 3.45. The van der Waals surface area contributed by atoms with Crippen LogP contribution in [-0.2, 0) is 9.59 Å². The van der Waals surface area contributed by atoms with Crippen LogP contribution in [0.15, 0.2) is 12.2 Å². The highest BCUT2D eigenvalue weighted by molar-refractivity contribution is 5.92. The van der Waals surface area contributed by atoms with E-state index in [-0.39, 0.29) is 17.1 Å². The van der Waals surface area contributed by atoms with E-state index < -0.39 is 0 Å². The molecule has 0 radical (unpaired) electrons. The summed E-state index contributed by atoms with van der Waals surface area (Å²) in [6.45, 7) is 2.16. The SMILES string of the molecule is C[C@@]12C=CC(=O)C[C@@H]1CC(=O)CC2. The summed E-state index contributed by atoms with van der Waals surface area (Å²) in [4.78, 5) is 22.4. The van der Waals surface area contributed by atoms with Crippen molar-refractivity contribution >= 4 is 11.6 Å². The van der Waals surface area contributed by atoms with Crippen LogP contribution in [0.5, 0.6) is 0 Å². The molecule has 13 heavy (non-hydrogen) atoms. The van der Waals surface area contributed by atoms with Crippen molar-refractivity contribution in [3.8, 4) is 0 Å². The summed E-state index contributed by atoms with van der Waals surface area (Å²) < 4.78 is 0. The topological polar surface area (TPSA) is 34.1 Å². The molecule has 2 atom stereocenters. The average molecular weight is 178 g/mol. The monoisotopic (exact) mass is 178 g/mol. The highest BCUT2D eigenvalue weighted by atomic mass is 16.1. The fourth-order valence-corrected chi connectivity index (χ4v) is 2.34. The van der Waals surface area contributed by atoms with Gasteiger partial charge in [0.1, 0.15) is 5.78 Å². The maximum absolute atomic E-state index is 11.2. The van der Waals surface area contributed by atoms with Crippen molar-refractivity contribution in [2.45, 2.75) is 32.6 Å². The Bertz CT molecular complexity index is 290. The van der Waals surface area contributed by atoms with Crippen LogP contribution in [0.4, 0.5) is 0 Å². The molecular weight excluding hydrogens is 164 g/mol. The molecule has 0 heterocycles. The van der Waals surface area contributed by atoms with Crippen LogP contribution in [0, 0.1) is 11.3 Å². The molecular formula is C11H14O2. The highest BCUT2D eigenvalue weighted by Gasteiger charge is 2.40. The van der Waals surface area contributed by atoms with Gasteiger partial charge in [-0.25, -0.2) is 0 Å². The Morgan fingerprint density at radius 3 is 2.92 bits per heavy atom. The lowest BCUT2D eigenvalue weighted by atomic mass is 9.63. The van der Waals surface area contributed by atoms with Crippen LogP contribution in [0.2, 0.25) is 0 Å². The Hall–Kier alpha value is -0.920. The number of fused-ring (bicyclic) bond motifs is 1. The lowest BCUT2D eigenvalue weighted by Gasteiger charge is -2.40. The number of hydrogen-bond donors (Lipinski definition) is 0. The minimum absolute atomic E-state index is 0.113. The molecule has 0 spiro atoms. The molecule has 2 rings (SSSR count). The number of ketones is 2. The predicted octanol–water partition coefficient (Wildman–Crippen LogP) is 1.89. The number of hydrogen-bond acceptors (Lipinski definition) is 2. The second-order valence-corrected chi connectivity index (χ2v) is 4.45. The van der Waals surface area contributed by atoms with Crippen molar-refractivity contribution in [1.82, 2.24) is 0 Å². The maximum atomic E-state index is 11.2. The van der Waals surface area contributed by atoms with E-state index >= 15 is 0 Å².